The summed E-state index contributed by atoms with van der Waals surface area (Å²) in [5.41, 5.74) is 3.40. The monoisotopic (exact) mass is 255 g/mol. The van der Waals surface area contributed by atoms with Crippen LogP contribution in [0.25, 0.3) is 11.3 Å². The Morgan fingerprint density at radius 1 is 1.00 bits per heavy atom. The molecule has 3 nitrogen and oxygen atoms in total. The minimum Gasteiger partial charge on any atom is -0.369 e. The van der Waals surface area contributed by atoms with E-state index in [4.69, 9.17) is 0 Å². The van der Waals surface area contributed by atoms with Gasteiger partial charge in [0.1, 0.15) is 5.82 Å². The van der Waals surface area contributed by atoms with Gasteiger partial charge in [-0.1, -0.05) is 38.1 Å². The molecule has 0 spiro atoms. The van der Waals surface area contributed by atoms with Gasteiger partial charge in [0.15, 0.2) is 0 Å². The van der Waals surface area contributed by atoms with E-state index in [1.165, 1.54) is 5.56 Å². The summed E-state index contributed by atoms with van der Waals surface area (Å²) < 4.78 is 0. The maximum absolute atomic E-state index is 4.25. The van der Waals surface area contributed by atoms with Crippen molar-refractivity contribution in [3.8, 4) is 11.3 Å². The average Bonchev–Trinajstić information content (AvgIpc) is 2.40. The van der Waals surface area contributed by atoms with Crippen LogP contribution in [0.3, 0.4) is 0 Å². The first-order valence-electron chi connectivity index (χ1n) is 6.86. The molecule has 1 aromatic carbocycles. The second-order valence-electron chi connectivity index (χ2n) is 5.13. The molecule has 0 saturated carbocycles. The molecular weight excluding hydrogens is 234 g/mol. The molecule has 1 N–H and O–H groups in total. The highest BCUT2D eigenvalue weighted by Gasteiger charge is 2.02. The lowest BCUT2D eigenvalue weighted by Gasteiger charge is -2.06. The van der Waals surface area contributed by atoms with E-state index in [0.717, 1.165) is 30.0 Å². The highest BCUT2D eigenvalue weighted by Crippen LogP contribution is 2.19. The van der Waals surface area contributed by atoms with Crippen LogP contribution in [0.1, 0.15) is 26.3 Å². The van der Waals surface area contributed by atoms with Gasteiger partial charge in [-0.3, -0.25) is 0 Å². The van der Waals surface area contributed by atoms with Gasteiger partial charge in [0.25, 0.3) is 0 Å². The molecule has 0 amide bonds. The third-order valence-electron chi connectivity index (χ3n) is 2.92. The number of anilines is 1. The highest BCUT2D eigenvalue weighted by atomic mass is 15.2. The van der Waals surface area contributed by atoms with E-state index in [2.05, 4.69) is 53.6 Å². The van der Waals surface area contributed by atoms with Crippen molar-refractivity contribution in [3.05, 3.63) is 42.0 Å². The van der Waals surface area contributed by atoms with E-state index in [0.29, 0.717) is 5.92 Å². The number of nitrogens with zero attached hydrogens (tertiary/aromatic N) is 2. The first kappa shape index (κ1) is 13.5. The van der Waals surface area contributed by atoms with Crippen molar-refractivity contribution in [2.75, 3.05) is 11.9 Å². The minimum atomic E-state index is 0.685. The van der Waals surface area contributed by atoms with Gasteiger partial charge in [-0.2, -0.15) is 0 Å². The molecule has 0 fully saturated rings. The molecule has 0 bridgehead atoms. The lowest BCUT2D eigenvalue weighted by Crippen LogP contribution is -2.00. The first-order chi connectivity index (χ1) is 9.19. The van der Waals surface area contributed by atoms with Crippen LogP contribution in [0.5, 0.6) is 0 Å². The molecule has 0 aliphatic rings. The van der Waals surface area contributed by atoms with Gasteiger partial charge in [-0.05, 0) is 37.0 Å². The second-order valence-corrected chi connectivity index (χ2v) is 5.13. The van der Waals surface area contributed by atoms with Crippen molar-refractivity contribution < 1.29 is 0 Å². The Kier molecular flexibility index (Phi) is 4.50. The van der Waals surface area contributed by atoms with E-state index in [9.17, 15) is 0 Å². The van der Waals surface area contributed by atoms with Gasteiger partial charge < -0.3 is 5.32 Å². The number of benzene rings is 1. The lowest BCUT2D eigenvalue weighted by atomic mass is 10.0. The van der Waals surface area contributed by atoms with Crippen LogP contribution in [0.4, 0.5) is 5.82 Å². The molecule has 0 aliphatic heterocycles. The van der Waals surface area contributed by atoms with Crippen molar-refractivity contribution in [2.24, 2.45) is 5.92 Å². The Bertz CT molecular complexity index is 501. The summed E-state index contributed by atoms with van der Waals surface area (Å²) >= 11 is 0. The normalized spacial score (nSPS) is 10.7. The largest absolute Gasteiger partial charge is 0.369 e. The number of hydrogen-bond donors (Lipinski definition) is 1. The lowest BCUT2D eigenvalue weighted by molar-refractivity contribution is 0.647. The van der Waals surface area contributed by atoms with Crippen LogP contribution in [0.2, 0.25) is 0 Å². The smallest absolute Gasteiger partial charge is 0.148 e. The van der Waals surface area contributed by atoms with E-state index >= 15 is 0 Å². The molecule has 1 heterocycles. The summed E-state index contributed by atoms with van der Waals surface area (Å²) in [4.78, 5) is 0. The molecule has 0 atom stereocenters. The third-order valence-corrected chi connectivity index (χ3v) is 2.92. The van der Waals surface area contributed by atoms with Gasteiger partial charge in [0.2, 0.25) is 0 Å². The maximum Gasteiger partial charge on any atom is 0.148 e. The number of hydrogen-bond acceptors (Lipinski definition) is 3. The van der Waals surface area contributed by atoms with Crippen LogP contribution in [0, 0.1) is 5.92 Å². The van der Waals surface area contributed by atoms with Gasteiger partial charge in [0.05, 0.1) is 5.69 Å². The minimum absolute atomic E-state index is 0.685. The number of aromatic nitrogens is 2. The third kappa shape index (κ3) is 3.78. The van der Waals surface area contributed by atoms with Crippen LogP contribution in [-0.4, -0.2) is 16.7 Å². The second kappa shape index (κ2) is 6.32. The van der Waals surface area contributed by atoms with Gasteiger partial charge in [-0.15, -0.1) is 10.2 Å². The molecule has 19 heavy (non-hydrogen) atoms. The van der Waals surface area contributed by atoms with Crippen LogP contribution in [-0.2, 0) is 6.42 Å². The molecule has 100 valence electrons. The maximum atomic E-state index is 4.25. The van der Waals surface area contributed by atoms with E-state index in [1.54, 1.807) is 0 Å². The fourth-order valence-electron chi connectivity index (χ4n) is 2.04. The van der Waals surface area contributed by atoms with Crippen molar-refractivity contribution in [2.45, 2.75) is 27.2 Å². The predicted octanol–water partition coefficient (Wildman–Crippen LogP) is 3.77. The average molecular weight is 255 g/mol. The molecule has 3 heteroatoms. The molecule has 2 rings (SSSR count). The van der Waals surface area contributed by atoms with Crippen LogP contribution >= 0.6 is 0 Å². The predicted molar refractivity (Wildman–Crippen MR) is 80.2 cm³/mol. The molecule has 0 radical (unpaired) electrons. The SMILES string of the molecule is CCNc1ccc(-c2ccc(CC(C)C)cc2)nn1. The molecule has 0 saturated heterocycles. The fraction of sp³-hybridized carbons (Fsp3) is 0.375. The Labute approximate surface area is 115 Å². The molecule has 0 aliphatic carbocycles. The Balaban J connectivity index is 2.13. The molecule has 2 aromatic rings. The number of nitrogens with one attached hydrogen (secondary N) is 1. The van der Waals surface area contributed by atoms with Crippen molar-refractivity contribution in [3.63, 3.8) is 0 Å². The fourth-order valence-corrected chi connectivity index (χ4v) is 2.04. The Morgan fingerprint density at radius 3 is 2.26 bits per heavy atom. The zero-order chi connectivity index (χ0) is 13.7. The molecule has 0 unspecified atom stereocenters. The van der Waals surface area contributed by atoms with E-state index in [-0.39, 0.29) is 0 Å². The van der Waals surface area contributed by atoms with Crippen molar-refractivity contribution in [1.82, 2.24) is 10.2 Å². The highest BCUT2D eigenvalue weighted by molar-refractivity contribution is 5.59. The van der Waals surface area contributed by atoms with Gasteiger partial charge >= 0.3 is 0 Å². The zero-order valence-corrected chi connectivity index (χ0v) is 11.9. The van der Waals surface area contributed by atoms with E-state index < -0.39 is 0 Å². The first-order valence-corrected chi connectivity index (χ1v) is 6.86. The Hall–Kier alpha value is -1.90. The van der Waals surface area contributed by atoms with Crippen LogP contribution in [0.15, 0.2) is 36.4 Å². The summed E-state index contributed by atoms with van der Waals surface area (Å²) in [6, 6.07) is 12.6. The van der Waals surface area contributed by atoms with Crippen molar-refractivity contribution in [1.29, 1.82) is 0 Å². The van der Waals surface area contributed by atoms with E-state index in [1.807, 2.05) is 19.1 Å². The Morgan fingerprint density at radius 2 is 1.74 bits per heavy atom. The van der Waals surface area contributed by atoms with Crippen LogP contribution < -0.4 is 5.32 Å². The topological polar surface area (TPSA) is 37.8 Å². The summed E-state index contributed by atoms with van der Waals surface area (Å²) in [5, 5.41) is 11.5. The zero-order valence-electron chi connectivity index (χ0n) is 11.9. The standard InChI is InChI=1S/C16H21N3/c1-4-17-16-10-9-15(18-19-16)14-7-5-13(6-8-14)11-12(2)3/h5-10,12H,4,11H2,1-3H3,(H,17,19). The quantitative estimate of drug-likeness (QED) is 0.883. The summed E-state index contributed by atoms with van der Waals surface area (Å²) in [6.45, 7) is 7.37. The summed E-state index contributed by atoms with van der Waals surface area (Å²) in [6.07, 6.45) is 1.12. The summed E-state index contributed by atoms with van der Waals surface area (Å²) in [5.74, 6) is 1.51. The molecular formula is C16H21N3. The number of rotatable bonds is 5. The van der Waals surface area contributed by atoms with Crippen molar-refractivity contribution >= 4 is 5.82 Å². The summed E-state index contributed by atoms with van der Waals surface area (Å²) in [7, 11) is 0. The van der Waals surface area contributed by atoms with Gasteiger partial charge in [0, 0.05) is 12.1 Å². The molecule has 1 aromatic heterocycles. The van der Waals surface area contributed by atoms with Gasteiger partial charge in [-0.25, -0.2) is 0 Å².